The molecule has 0 saturated carbocycles. The molecule has 2 aromatic carbocycles. The monoisotopic (exact) mass is 378 g/mol. The molecule has 0 unspecified atom stereocenters. The van der Waals surface area contributed by atoms with E-state index in [9.17, 15) is 0 Å². The molecule has 1 saturated heterocycles. The van der Waals surface area contributed by atoms with E-state index in [1.54, 1.807) is 0 Å². The molecule has 1 aliphatic heterocycles. The zero-order valence-corrected chi connectivity index (χ0v) is 14.8. The van der Waals surface area contributed by atoms with E-state index in [0.717, 1.165) is 56.2 Å². The Balaban J connectivity index is 1.39. The second-order valence-electron chi connectivity index (χ2n) is 5.65. The Morgan fingerprint density at radius 1 is 1.09 bits per heavy atom. The average Bonchev–Trinajstić information content (AvgIpc) is 2.61. The Hall–Kier alpha value is -1.14. The highest BCUT2D eigenvalue weighted by Gasteiger charge is 2.09. The highest BCUT2D eigenvalue weighted by Crippen LogP contribution is 2.32. The molecule has 1 heterocycles. The van der Waals surface area contributed by atoms with Gasteiger partial charge >= 0.3 is 0 Å². The van der Waals surface area contributed by atoms with Crippen molar-refractivity contribution in [1.29, 1.82) is 0 Å². The summed E-state index contributed by atoms with van der Waals surface area (Å²) in [4.78, 5) is 2.43. The van der Waals surface area contributed by atoms with Crippen LogP contribution in [0.2, 0.25) is 0 Å². The maximum absolute atomic E-state index is 5.89. The van der Waals surface area contributed by atoms with Gasteiger partial charge in [-0.15, -0.1) is 0 Å². The molecule has 0 bridgehead atoms. The zero-order chi connectivity index (χ0) is 15.9. The fourth-order valence-corrected chi connectivity index (χ4v) is 3.35. The standard InChI is InChI=1S/C18H23BrN2O2/c19-18-16-4-2-1-3-15(16)5-6-17(18)23-12-8-20-7-9-21-10-13-22-14-11-21/h1-6,20H,7-14H2. The molecule has 2 aromatic rings. The third kappa shape index (κ3) is 4.67. The van der Waals surface area contributed by atoms with Crippen LogP contribution in [0.1, 0.15) is 0 Å². The quantitative estimate of drug-likeness (QED) is 0.751. The Morgan fingerprint density at radius 2 is 1.91 bits per heavy atom. The lowest BCUT2D eigenvalue weighted by Crippen LogP contribution is -2.40. The summed E-state index contributed by atoms with van der Waals surface area (Å²) in [5.41, 5.74) is 0. The van der Waals surface area contributed by atoms with Gasteiger partial charge in [0.1, 0.15) is 12.4 Å². The van der Waals surface area contributed by atoms with Crippen LogP contribution in [0, 0.1) is 0 Å². The predicted octanol–water partition coefficient (Wildman–Crippen LogP) is 2.90. The molecule has 1 aliphatic rings. The Kier molecular flexibility index (Phi) is 6.28. The van der Waals surface area contributed by atoms with Crippen molar-refractivity contribution in [3.63, 3.8) is 0 Å². The number of ether oxygens (including phenoxy) is 2. The summed E-state index contributed by atoms with van der Waals surface area (Å²) in [6.07, 6.45) is 0. The van der Waals surface area contributed by atoms with Gasteiger partial charge in [-0.3, -0.25) is 4.90 Å². The molecule has 0 atom stereocenters. The highest BCUT2D eigenvalue weighted by atomic mass is 79.9. The van der Waals surface area contributed by atoms with E-state index in [0.29, 0.717) is 6.61 Å². The van der Waals surface area contributed by atoms with Crippen LogP contribution >= 0.6 is 15.9 Å². The first kappa shape index (κ1) is 16.7. The van der Waals surface area contributed by atoms with E-state index in [2.05, 4.69) is 44.3 Å². The van der Waals surface area contributed by atoms with Gasteiger partial charge in [-0.25, -0.2) is 0 Å². The molecule has 5 heteroatoms. The molecular weight excluding hydrogens is 356 g/mol. The van der Waals surface area contributed by atoms with Gasteiger partial charge < -0.3 is 14.8 Å². The molecule has 1 fully saturated rings. The van der Waals surface area contributed by atoms with Crippen molar-refractivity contribution >= 4 is 26.7 Å². The van der Waals surface area contributed by atoms with Crippen molar-refractivity contribution in [1.82, 2.24) is 10.2 Å². The van der Waals surface area contributed by atoms with Crippen molar-refractivity contribution in [3.05, 3.63) is 40.9 Å². The first-order valence-electron chi connectivity index (χ1n) is 8.15. The lowest BCUT2D eigenvalue weighted by Gasteiger charge is -2.26. The van der Waals surface area contributed by atoms with Crippen LogP contribution in [-0.4, -0.2) is 57.4 Å². The van der Waals surface area contributed by atoms with Gasteiger partial charge in [0, 0.05) is 32.7 Å². The molecule has 3 rings (SSSR count). The van der Waals surface area contributed by atoms with Crippen LogP contribution in [0.15, 0.2) is 40.9 Å². The molecule has 23 heavy (non-hydrogen) atoms. The molecule has 0 amide bonds. The minimum atomic E-state index is 0.667. The SMILES string of the molecule is Brc1c(OCCNCCN2CCOCC2)ccc2ccccc12. The average molecular weight is 379 g/mol. The third-order valence-corrected chi connectivity index (χ3v) is 4.89. The summed E-state index contributed by atoms with van der Waals surface area (Å²) < 4.78 is 12.3. The summed E-state index contributed by atoms with van der Waals surface area (Å²) in [5, 5.41) is 5.84. The summed E-state index contributed by atoms with van der Waals surface area (Å²) in [6, 6.07) is 12.4. The molecule has 0 radical (unpaired) electrons. The minimum absolute atomic E-state index is 0.667. The first-order chi connectivity index (χ1) is 11.3. The summed E-state index contributed by atoms with van der Waals surface area (Å²) in [6.45, 7) is 7.39. The van der Waals surface area contributed by atoms with E-state index in [4.69, 9.17) is 9.47 Å². The van der Waals surface area contributed by atoms with E-state index < -0.39 is 0 Å². The first-order valence-corrected chi connectivity index (χ1v) is 8.95. The Bertz CT molecular complexity index is 629. The van der Waals surface area contributed by atoms with Crippen LogP contribution in [0.25, 0.3) is 10.8 Å². The van der Waals surface area contributed by atoms with Crippen LogP contribution in [0.5, 0.6) is 5.75 Å². The number of fused-ring (bicyclic) bond motifs is 1. The number of hydrogen-bond acceptors (Lipinski definition) is 4. The Morgan fingerprint density at radius 3 is 2.78 bits per heavy atom. The lowest BCUT2D eigenvalue weighted by atomic mass is 10.1. The van der Waals surface area contributed by atoms with Crippen molar-refractivity contribution in [2.24, 2.45) is 0 Å². The summed E-state index contributed by atoms with van der Waals surface area (Å²) in [5.74, 6) is 0.902. The molecule has 1 N–H and O–H groups in total. The third-order valence-electron chi connectivity index (χ3n) is 4.07. The van der Waals surface area contributed by atoms with Crippen LogP contribution < -0.4 is 10.1 Å². The normalized spacial score (nSPS) is 15.9. The molecular formula is C18H23BrN2O2. The van der Waals surface area contributed by atoms with E-state index in [1.165, 1.54) is 10.8 Å². The molecule has 0 aromatic heterocycles. The second-order valence-corrected chi connectivity index (χ2v) is 6.44. The van der Waals surface area contributed by atoms with Gasteiger partial charge in [0.2, 0.25) is 0 Å². The maximum atomic E-state index is 5.89. The van der Waals surface area contributed by atoms with Crippen molar-refractivity contribution in [2.75, 3.05) is 52.5 Å². The van der Waals surface area contributed by atoms with Gasteiger partial charge in [0.05, 0.1) is 17.7 Å². The largest absolute Gasteiger partial charge is 0.491 e. The van der Waals surface area contributed by atoms with Crippen LogP contribution in [0.4, 0.5) is 0 Å². The lowest BCUT2D eigenvalue weighted by molar-refractivity contribution is 0.0383. The number of nitrogens with zero attached hydrogens (tertiary/aromatic N) is 1. The van der Waals surface area contributed by atoms with E-state index in [-0.39, 0.29) is 0 Å². The second kappa shape index (κ2) is 8.64. The van der Waals surface area contributed by atoms with Crippen LogP contribution in [-0.2, 0) is 4.74 Å². The molecule has 0 spiro atoms. The fourth-order valence-electron chi connectivity index (χ4n) is 2.75. The van der Waals surface area contributed by atoms with Crippen molar-refractivity contribution in [3.8, 4) is 5.75 Å². The topological polar surface area (TPSA) is 33.7 Å². The number of hydrogen-bond donors (Lipinski definition) is 1. The molecule has 0 aliphatic carbocycles. The summed E-state index contributed by atoms with van der Waals surface area (Å²) in [7, 11) is 0. The van der Waals surface area contributed by atoms with Gasteiger partial charge in [0.25, 0.3) is 0 Å². The highest BCUT2D eigenvalue weighted by molar-refractivity contribution is 9.10. The van der Waals surface area contributed by atoms with Gasteiger partial charge in [-0.1, -0.05) is 30.3 Å². The van der Waals surface area contributed by atoms with Gasteiger partial charge in [0.15, 0.2) is 0 Å². The number of benzene rings is 2. The number of morpholine rings is 1. The summed E-state index contributed by atoms with van der Waals surface area (Å²) >= 11 is 3.65. The maximum Gasteiger partial charge on any atom is 0.134 e. The smallest absolute Gasteiger partial charge is 0.134 e. The van der Waals surface area contributed by atoms with E-state index in [1.807, 2.05) is 18.2 Å². The molecule has 4 nitrogen and oxygen atoms in total. The van der Waals surface area contributed by atoms with Crippen molar-refractivity contribution < 1.29 is 9.47 Å². The zero-order valence-electron chi connectivity index (χ0n) is 13.3. The molecule has 124 valence electrons. The van der Waals surface area contributed by atoms with Gasteiger partial charge in [-0.05, 0) is 32.8 Å². The number of nitrogens with one attached hydrogen (secondary N) is 1. The minimum Gasteiger partial charge on any atom is -0.491 e. The van der Waals surface area contributed by atoms with Crippen LogP contribution in [0.3, 0.4) is 0 Å². The number of rotatable bonds is 7. The van der Waals surface area contributed by atoms with Gasteiger partial charge in [-0.2, -0.15) is 0 Å². The fraction of sp³-hybridized carbons (Fsp3) is 0.444. The van der Waals surface area contributed by atoms with E-state index >= 15 is 0 Å². The van der Waals surface area contributed by atoms with Crippen molar-refractivity contribution in [2.45, 2.75) is 0 Å². The number of halogens is 1. The Labute approximate surface area is 145 Å². The predicted molar refractivity (Wildman–Crippen MR) is 97.3 cm³/mol.